The lowest BCUT2D eigenvalue weighted by molar-refractivity contribution is -0.138. The quantitative estimate of drug-likeness (QED) is 0.183. The number of aromatic nitrogens is 1. The molecule has 4 N–H and O–H groups in total. The third-order valence-electron chi connectivity index (χ3n) is 9.59. The topological polar surface area (TPSA) is 145 Å². The largest absolute Gasteiger partial charge is 0.491 e. The fraction of sp³-hybridized carbons (Fsp3) is 0.538. The van der Waals surface area contributed by atoms with Crippen LogP contribution in [0.4, 0.5) is 9.18 Å². The van der Waals surface area contributed by atoms with E-state index in [1.807, 2.05) is 58.2 Å². The van der Waals surface area contributed by atoms with Gasteiger partial charge in [-0.2, -0.15) is 0 Å². The Bertz CT molecular complexity index is 1660. The molecule has 0 unspecified atom stereocenters. The maximum atomic E-state index is 14.4. The van der Waals surface area contributed by atoms with Crippen LogP contribution in [-0.2, 0) is 25.5 Å². The van der Waals surface area contributed by atoms with Gasteiger partial charge in [0.15, 0.2) is 0 Å². The van der Waals surface area contributed by atoms with Gasteiger partial charge < -0.3 is 40.2 Å². The van der Waals surface area contributed by atoms with Crippen molar-refractivity contribution in [2.45, 2.75) is 84.0 Å². The molecule has 5 rings (SSSR count). The van der Waals surface area contributed by atoms with Gasteiger partial charge in [0.05, 0.1) is 19.3 Å². The number of likely N-dealkylation sites (tertiary alicyclic amines) is 1. The highest BCUT2D eigenvalue weighted by molar-refractivity contribution is 5.95. The van der Waals surface area contributed by atoms with E-state index < -0.39 is 29.9 Å². The Hall–Kier alpha value is -4.65. The van der Waals surface area contributed by atoms with Gasteiger partial charge >= 0.3 is 6.03 Å². The van der Waals surface area contributed by atoms with Gasteiger partial charge in [0.2, 0.25) is 17.7 Å². The maximum absolute atomic E-state index is 14.4. The van der Waals surface area contributed by atoms with Crippen LogP contribution in [0.5, 0.6) is 5.75 Å². The molecule has 3 heterocycles. The van der Waals surface area contributed by atoms with Crippen molar-refractivity contribution in [3.63, 3.8) is 0 Å². The van der Waals surface area contributed by atoms with Gasteiger partial charge in [0.1, 0.15) is 36.3 Å². The number of rotatable bonds is 15. The monoisotopic (exact) mass is 720 g/mol. The summed E-state index contributed by atoms with van der Waals surface area (Å²) in [5.41, 5.74) is 1.79. The van der Waals surface area contributed by atoms with Crippen LogP contribution in [0.1, 0.15) is 58.9 Å². The average molecular weight is 721 g/mol. The first-order valence-corrected chi connectivity index (χ1v) is 18.5. The van der Waals surface area contributed by atoms with Crippen LogP contribution in [-0.4, -0.2) is 102 Å². The molecule has 2 aliphatic heterocycles. The first kappa shape index (κ1) is 38.6. The van der Waals surface area contributed by atoms with Gasteiger partial charge in [0, 0.05) is 43.2 Å². The molecule has 2 fully saturated rings. The number of halogens is 1. The van der Waals surface area contributed by atoms with E-state index >= 15 is 0 Å². The number of carbonyl (C=O) groups is 4. The summed E-state index contributed by atoms with van der Waals surface area (Å²) in [6.07, 6.45) is 4.30. The van der Waals surface area contributed by atoms with E-state index in [0.29, 0.717) is 51.4 Å². The molecule has 0 saturated carbocycles. The number of nitrogens with zero attached hydrogens (tertiary/aromatic N) is 2. The van der Waals surface area contributed by atoms with E-state index in [1.54, 1.807) is 21.9 Å². The maximum Gasteiger partial charge on any atom is 0.318 e. The summed E-state index contributed by atoms with van der Waals surface area (Å²) < 4.78 is 24.8. The Labute approximate surface area is 305 Å². The lowest BCUT2D eigenvalue weighted by Crippen LogP contribution is -2.59. The number of amides is 5. The molecular formula is C39H53FN6O6. The zero-order valence-corrected chi connectivity index (χ0v) is 30.7. The van der Waals surface area contributed by atoms with Crippen molar-refractivity contribution >= 4 is 34.7 Å². The highest BCUT2D eigenvalue weighted by Crippen LogP contribution is 2.24. The standard InChI is InChI=1S/C39H53FN6O6/c1-25(2)20-33(42-37(48)34(21-26(3)4)44-39(50)45-16-18-51-19-17-45)36(47)43-35(22-27-23-41-32-10-6-5-9-31(27)32)38(49)46-15-7-8-29(46)24-52-30-13-11-28(40)12-14-30/h5-6,9-14,23,25-26,29,33-35,41H,7-8,15-22,24H2,1-4H3,(H,42,48)(H,43,47)(H,44,50)/t29-,33-,34-,35-/m0/s1. The molecule has 2 aliphatic rings. The van der Waals surface area contributed by atoms with Gasteiger partial charge in [-0.15, -0.1) is 0 Å². The second kappa shape index (κ2) is 18.2. The van der Waals surface area contributed by atoms with Gasteiger partial charge in [-0.3, -0.25) is 14.4 Å². The van der Waals surface area contributed by atoms with Crippen molar-refractivity contribution in [2.75, 3.05) is 39.5 Å². The Balaban J connectivity index is 1.34. The summed E-state index contributed by atoms with van der Waals surface area (Å²) in [7, 11) is 0. The lowest BCUT2D eigenvalue weighted by atomic mass is 9.99. The fourth-order valence-corrected chi connectivity index (χ4v) is 6.90. The molecule has 4 atom stereocenters. The number of urea groups is 1. The van der Waals surface area contributed by atoms with Crippen molar-refractivity contribution < 1.29 is 33.0 Å². The van der Waals surface area contributed by atoms with Gasteiger partial charge in [0.25, 0.3) is 0 Å². The summed E-state index contributed by atoms with van der Waals surface area (Å²) in [6, 6.07) is 10.2. The number of carbonyl (C=O) groups excluding carboxylic acids is 4. The Morgan fingerprint density at radius 1 is 0.865 bits per heavy atom. The number of hydrogen-bond donors (Lipinski definition) is 4. The second-order valence-corrected chi connectivity index (χ2v) is 14.6. The molecule has 282 valence electrons. The van der Waals surface area contributed by atoms with Crippen LogP contribution in [0.25, 0.3) is 10.9 Å². The van der Waals surface area contributed by atoms with E-state index in [9.17, 15) is 23.6 Å². The Morgan fingerprint density at radius 3 is 2.17 bits per heavy atom. The molecule has 13 heteroatoms. The SMILES string of the molecule is CC(C)C[C@H](NC(=O)[C@H](CC(C)C)NC(=O)N1CCOCC1)C(=O)N[C@@H](Cc1c[nH]c2ccccc12)C(=O)N1CCC[C@H]1COc1ccc(F)cc1. The molecule has 0 bridgehead atoms. The number of aromatic amines is 1. The number of hydrogen-bond acceptors (Lipinski definition) is 6. The number of para-hydroxylation sites is 1. The van der Waals surface area contributed by atoms with Crippen LogP contribution in [0.2, 0.25) is 0 Å². The number of nitrogens with one attached hydrogen (secondary N) is 4. The average Bonchev–Trinajstić information content (AvgIpc) is 3.77. The Kier molecular flexibility index (Phi) is 13.5. The van der Waals surface area contributed by atoms with Crippen molar-refractivity contribution in [1.29, 1.82) is 0 Å². The van der Waals surface area contributed by atoms with Crippen molar-refractivity contribution in [3.05, 3.63) is 66.1 Å². The summed E-state index contributed by atoms with van der Waals surface area (Å²) in [5, 5.41) is 9.79. The third-order valence-corrected chi connectivity index (χ3v) is 9.59. The van der Waals surface area contributed by atoms with Crippen molar-refractivity contribution in [3.8, 4) is 5.75 Å². The smallest absolute Gasteiger partial charge is 0.318 e. The van der Waals surface area contributed by atoms with Gasteiger partial charge in [-0.25, -0.2) is 9.18 Å². The molecule has 5 amide bonds. The molecule has 2 saturated heterocycles. The van der Waals surface area contributed by atoms with Crippen LogP contribution in [0, 0.1) is 17.7 Å². The molecular weight excluding hydrogens is 667 g/mol. The van der Waals surface area contributed by atoms with Crippen molar-refractivity contribution in [1.82, 2.24) is 30.7 Å². The minimum absolute atomic E-state index is 0.0388. The molecule has 3 aromatic rings. The number of H-pyrrole nitrogens is 1. The van der Waals surface area contributed by atoms with Gasteiger partial charge in [-0.1, -0.05) is 45.9 Å². The van der Waals surface area contributed by atoms with E-state index in [4.69, 9.17) is 9.47 Å². The third kappa shape index (κ3) is 10.5. The van der Waals surface area contributed by atoms with E-state index in [0.717, 1.165) is 29.3 Å². The van der Waals surface area contributed by atoms with Crippen molar-refractivity contribution in [2.24, 2.45) is 11.8 Å². The van der Waals surface area contributed by atoms with Crippen LogP contribution >= 0.6 is 0 Å². The van der Waals surface area contributed by atoms with E-state index in [-0.39, 0.29) is 48.7 Å². The number of ether oxygens (including phenoxy) is 2. The molecule has 2 aromatic carbocycles. The summed E-state index contributed by atoms with van der Waals surface area (Å²) in [5.74, 6) is -0.883. The molecule has 0 radical (unpaired) electrons. The molecule has 0 spiro atoms. The van der Waals surface area contributed by atoms with Crippen LogP contribution in [0.3, 0.4) is 0 Å². The van der Waals surface area contributed by atoms with E-state index in [2.05, 4.69) is 20.9 Å². The van der Waals surface area contributed by atoms with Gasteiger partial charge in [-0.05, 0) is 73.4 Å². The molecule has 52 heavy (non-hydrogen) atoms. The van der Waals surface area contributed by atoms with Crippen LogP contribution < -0.4 is 20.7 Å². The fourth-order valence-electron chi connectivity index (χ4n) is 6.90. The lowest BCUT2D eigenvalue weighted by Gasteiger charge is -2.32. The molecule has 12 nitrogen and oxygen atoms in total. The Morgan fingerprint density at radius 2 is 1.50 bits per heavy atom. The zero-order valence-electron chi connectivity index (χ0n) is 30.7. The molecule has 0 aliphatic carbocycles. The number of fused-ring (bicyclic) bond motifs is 1. The first-order chi connectivity index (χ1) is 25.0. The van der Waals surface area contributed by atoms with Crippen LogP contribution in [0.15, 0.2) is 54.7 Å². The summed E-state index contributed by atoms with van der Waals surface area (Å²) >= 11 is 0. The normalized spacial score (nSPS) is 17.9. The minimum atomic E-state index is -0.947. The minimum Gasteiger partial charge on any atom is -0.491 e. The predicted molar refractivity (Wildman–Crippen MR) is 196 cm³/mol. The first-order valence-electron chi connectivity index (χ1n) is 18.5. The summed E-state index contributed by atoms with van der Waals surface area (Å²) in [6.45, 7) is 10.3. The zero-order chi connectivity index (χ0) is 37.2. The highest BCUT2D eigenvalue weighted by atomic mass is 19.1. The number of morpholine rings is 1. The predicted octanol–water partition coefficient (Wildman–Crippen LogP) is 4.39. The highest BCUT2D eigenvalue weighted by Gasteiger charge is 2.37. The second-order valence-electron chi connectivity index (χ2n) is 14.6. The van der Waals surface area contributed by atoms with E-state index in [1.165, 1.54) is 12.1 Å². The summed E-state index contributed by atoms with van der Waals surface area (Å²) in [4.78, 5) is 62.2. The number of benzene rings is 2. The molecule has 1 aromatic heterocycles.